The van der Waals surface area contributed by atoms with Gasteiger partial charge in [0.2, 0.25) is 0 Å². The van der Waals surface area contributed by atoms with Gasteiger partial charge in [-0.2, -0.15) is 0 Å². The van der Waals surface area contributed by atoms with Gasteiger partial charge >= 0.3 is 0 Å². The van der Waals surface area contributed by atoms with Gasteiger partial charge in [-0.1, -0.05) is 66.7 Å². The first-order valence-electron chi connectivity index (χ1n) is 12.1. The predicted octanol–water partition coefficient (Wildman–Crippen LogP) is 8.81. The number of rotatable bonds is 1. The molecule has 9 aromatic rings. The summed E-state index contributed by atoms with van der Waals surface area (Å²) in [7, 11) is 0. The number of fused-ring (bicyclic) bond motifs is 10. The molecule has 0 amide bonds. The van der Waals surface area contributed by atoms with E-state index in [0.717, 1.165) is 27.6 Å². The van der Waals surface area contributed by atoms with Crippen LogP contribution in [0.2, 0.25) is 0 Å². The van der Waals surface area contributed by atoms with Crippen LogP contribution in [0.25, 0.3) is 80.7 Å². The van der Waals surface area contributed by atoms with Crippen LogP contribution in [0.3, 0.4) is 0 Å². The van der Waals surface area contributed by atoms with Crippen molar-refractivity contribution in [3.05, 3.63) is 103 Å². The summed E-state index contributed by atoms with van der Waals surface area (Å²) < 4.78 is 4.94. The molecule has 9 rings (SSSR count). The second kappa shape index (κ2) is 6.56. The molecule has 0 aliphatic rings. The summed E-state index contributed by atoms with van der Waals surface area (Å²) in [6.45, 7) is 0. The number of benzene rings is 5. The average molecular weight is 476 g/mol. The molecular formula is C32H17N3S. The first-order valence-corrected chi connectivity index (χ1v) is 12.9. The van der Waals surface area contributed by atoms with E-state index in [9.17, 15) is 0 Å². The molecule has 4 aromatic heterocycles. The molecular weight excluding hydrogens is 458 g/mol. The predicted molar refractivity (Wildman–Crippen MR) is 153 cm³/mol. The van der Waals surface area contributed by atoms with E-state index >= 15 is 0 Å². The summed E-state index contributed by atoms with van der Waals surface area (Å²) in [5.74, 6) is 0. The molecule has 0 atom stereocenters. The second-order valence-electron chi connectivity index (χ2n) is 9.47. The molecule has 4 heteroatoms. The highest BCUT2D eigenvalue weighted by atomic mass is 32.1. The van der Waals surface area contributed by atoms with Gasteiger partial charge in [-0.3, -0.25) is 4.40 Å². The highest BCUT2D eigenvalue weighted by Crippen LogP contribution is 2.43. The molecule has 36 heavy (non-hydrogen) atoms. The van der Waals surface area contributed by atoms with E-state index < -0.39 is 0 Å². The summed E-state index contributed by atoms with van der Waals surface area (Å²) in [4.78, 5) is 10.1. The second-order valence-corrected chi connectivity index (χ2v) is 10.6. The molecule has 0 N–H and O–H groups in total. The Hall–Kier alpha value is -4.54. The van der Waals surface area contributed by atoms with Crippen molar-refractivity contribution < 1.29 is 0 Å². The molecule has 0 saturated carbocycles. The van der Waals surface area contributed by atoms with Crippen molar-refractivity contribution in [3.8, 4) is 11.1 Å². The fraction of sp³-hybridized carbons (Fsp3) is 0. The largest absolute Gasteiger partial charge is 0.291 e. The van der Waals surface area contributed by atoms with Gasteiger partial charge in [-0.15, -0.1) is 11.3 Å². The third-order valence-electron chi connectivity index (χ3n) is 7.50. The van der Waals surface area contributed by atoms with Crippen molar-refractivity contribution in [2.75, 3.05) is 0 Å². The Morgan fingerprint density at radius 2 is 1.31 bits per heavy atom. The lowest BCUT2D eigenvalue weighted by Gasteiger charge is -2.02. The number of para-hydroxylation sites is 3. The SMILES string of the molecule is c1ccc(-c2ccc3sc4cc5c(cc4c3c2)c2cccc3c4nc6ccccc6nc4n5c23)cc1. The van der Waals surface area contributed by atoms with Crippen LogP contribution in [0, 0.1) is 0 Å². The number of thiophene rings is 1. The maximum Gasteiger partial charge on any atom is 0.165 e. The van der Waals surface area contributed by atoms with Gasteiger partial charge in [0.25, 0.3) is 0 Å². The first kappa shape index (κ1) is 18.7. The molecule has 0 saturated heterocycles. The normalized spacial score (nSPS) is 12.4. The minimum Gasteiger partial charge on any atom is -0.291 e. The van der Waals surface area contributed by atoms with Gasteiger partial charge in [0.1, 0.15) is 5.52 Å². The van der Waals surface area contributed by atoms with Crippen LogP contribution in [0.4, 0.5) is 0 Å². The topological polar surface area (TPSA) is 30.2 Å². The zero-order chi connectivity index (χ0) is 23.4. The zero-order valence-electron chi connectivity index (χ0n) is 19.1. The summed E-state index contributed by atoms with van der Waals surface area (Å²) in [5.41, 5.74) is 8.68. The fourth-order valence-electron chi connectivity index (χ4n) is 5.88. The number of hydrogen-bond donors (Lipinski definition) is 0. The lowest BCUT2D eigenvalue weighted by atomic mass is 10.0. The third kappa shape index (κ3) is 2.32. The Labute approximate surface area is 209 Å². The van der Waals surface area contributed by atoms with Crippen molar-refractivity contribution in [1.82, 2.24) is 14.4 Å². The molecule has 166 valence electrons. The maximum atomic E-state index is 5.09. The van der Waals surface area contributed by atoms with Crippen LogP contribution in [-0.2, 0) is 0 Å². The van der Waals surface area contributed by atoms with Crippen LogP contribution >= 0.6 is 11.3 Å². The Kier molecular flexibility index (Phi) is 3.42. The molecule has 0 unspecified atom stereocenters. The van der Waals surface area contributed by atoms with Gasteiger partial charge in [0.15, 0.2) is 5.65 Å². The summed E-state index contributed by atoms with van der Waals surface area (Å²) >= 11 is 1.86. The van der Waals surface area contributed by atoms with Crippen molar-refractivity contribution in [3.63, 3.8) is 0 Å². The quantitative estimate of drug-likeness (QED) is 0.237. The molecule has 5 aromatic carbocycles. The lowest BCUT2D eigenvalue weighted by Crippen LogP contribution is -1.88. The Balaban J connectivity index is 1.43. The summed E-state index contributed by atoms with van der Waals surface area (Å²) in [5, 5.41) is 6.32. The highest BCUT2D eigenvalue weighted by Gasteiger charge is 2.21. The van der Waals surface area contributed by atoms with Crippen LogP contribution < -0.4 is 0 Å². The number of aromatic nitrogens is 3. The van der Waals surface area contributed by atoms with E-state index in [2.05, 4.69) is 83.3 Å². The van der Waals surface area contributed by atoms with E-state index in [1.807, 2.05) is 35.6 Å². The molecule has 0 aliphatic heterocycles. The van der Waals surface area contributed by atoms with Gasteiger partial charge in [0, 0.05) is 36.3 Å². The van der Waals surface area contributed by atoms with Crippen LogP contribution in [-0.4, -0.2) is 14.4 Å². The molecule has 0 fully saturated rings. The zero-order valence-corrected chi connectivity index (χ0v) is 19.9. The van der Waals surface area contributed by atoms with Crippen molar-refractivity contribution in [1.29, 1.82) is 0 Å². The van der Waals surface area contributed by atoms with E-state index in [0.29, 0.717) is 0 Å². The molecule has 0 bridgehead atoms. The van der Waals surface area contributed by atoms with E-state index in [-0.39, 0.29) is 0 Å². The first-order chi connectivity index (χ1) is 17.8. The van der Waals surface area contributed by atoms with Gasteiger partial charge in [-0.05, 0) is 47.5 Å². The summed E-state index contributed by atoms with van der Waals surface area (Å²) in [6.07, 6.45) is 0. The Bertz CT molecular complexity index is 2310. The smallest absolute Gasteiger partial charge is 0.165 e. The molecule has 0 aliphatic carbocycles. The van der Waals surface area contributed by atoms with Gasteiger partial charge in [-0.25, -0.2) is 9.97 Å². The van der Waals surface area contributed by atoms with E-state index in [4.69, 9.17) is 9.97 Å². The maximum absolute atomic E-state index is 5.09. The van der Waals surface area contributed by atoms with Crippen molar-refractivity contribution in [2.45, 2.75) is 0 Å². The van der Waals surface area contributed by atoms with Crippen molar-refractivity contribution in [2.24, 2.45) is 0 Å². The van der Waals surface area contributed by atoms with Gasteiger partial charge in [0.05, 0.1) is 22.1 Å². The van der Waals surface area contributed by atoms with E-state index in [1.54, 1.807) is 0 Å². The average Bonchev–Trinajstić information content (AvgIpc) is 3.57. The molecule has 0 spiro atoms. The van der Waals surface area contributed by atoms with Gasteiger partial charge < -0.3 is 0 Å². The third-order valence-corrected chi connectivity index (χ3v) is 8.64. The molecule has 0 radical (unpaired) electrons. The monoisotopic (exact) mass is 475 g/mol. The number of hydrogen-bond acceptors (Lipinski definition) is 3. The molecule has 3 nitrogen and oxygen atoms in total. The fourth-order valence-corrected chi connectivity index (χ4v) is 6.98. The van der Waals surface area contributed by atoms with Crippen molar-refractivity contribution >= 4 is 80.9 Å². The minimum absolute atomic E-state index is 0.926. The molecule has 4 heterocycles. The van der Waals surface area contributed by atoms with E-state index in [1.165, 1.54) is 53.1 Å². The van der Waals surface area contributed by atoms with Crippen LogP contribution in [0.1, 0.15) is 0 Å². The van der Waals surface area contributed by atoms with Crippen LogP contribution in [0.15, 0.2) is 103 Å². The highest BCUT2D eigenvalue weighted by molar-refractivity contribution is 7.25. The number of nitrogens with zero attached hydrogens (tertiary/aromatic N) is 3. The standard InChI is InChI=1S/C32H17N3S/c1-2-7-18(8-3-1)19-13-14-28-23(15-19)24-16-22-20-9-6-10-21-30-32(34-26-12-5-4-11-25(26)33-30)35(31(20)21)27(22)17-29(24)36-28/h1-17H. The van der Waals surface area contributed by atoms with Crippen LogP contribution in [0.5, 0.6) is 0 Å². The minimum atomic E-state index is 0.926. The Morgan fingerprint density at radius 1 is 0.528 bits per heavy atom. The Morgan fingerprint density at radius 3 is 2.19 bits per heavy atom. The summed E-state index contributed by atoms with van der Waals surface area (Å²) in [6, 6.07) is 36.9. The lowest BCUT2D eigenvalue weighted by molar-refractivity contribution is 1.28.